The minimum Gasteiger partial charge on any atom is -0.465 e. The number of hydrogen-bond donors (Lipinski definition) is 2. The van der Waals surface area contributed by atoms with E-state index in [1.165, 1.54) is 0 Å². The van der Waals surface area contributed by atoms with Crippen LogP contribution in [-0.2, 0) is 0 Å². The summed E-state index contributed by atoms with van der Waals surface area (Å²) in [4.78, 5) is 13.9. The van der Waals surface area contributed by atoms with Gasteiger partial charge in [-0.15, -0.1) is 0 Å². The molecule has 1 rings (SSSR count). The first-order chi connectivity index (χ1) is 5.65. The minimum absolute atomic E-state index is 0.0129. The maximum atomic E-state index is 10.4. The van der Waals surface area contributed by atoms with E-state index >= 15 is 0 Å². The van der Waals surface area contributed by atoms with Crippen molar-refractivity contribution in [1.82, 2.24) is 4.90 Å². The molecule has 1 aliphatic heterocycles. The van der Waals surface area contributed by atoms with Crippen LogP contribution in [0.15, 0.2) is 5.11 Å². The van der Waals surface area contributed by atoms with Crippen LogP contribution < -0.4 is 0 Å². The molecule has 0 aliphatic carbocycles. The van der Waals surface area contributed by atoms with E-state index in [1.807, 2.05) is 0 Å². The Morgan fingerprint density at radius 1 is 1.67 bits per heavy atom. The Balaban J connectivity index is 2.61. The standard InChI is InChI=1S/C5H8N4O3/c6-8-7-3-1-9(5(11)12)2-4(3)10/h3-4,10H,1-2H2,(H,11,12)/t3-,4?/m0/s1. The van der Waals surface area contributed by atoms with Gasteiger partial charge in [0.1, 0.15) is 0 Å². The summed E-state index contributed by atoms with van der Waals surface area (Å²) in [6.45, 7) is 0.0829. The molecule has 1 fully saturated rings. The van der Waals surface area contributed by atoms with E-state index in [2.05, 4.69) is 10.0 Å². The summed E-state index contributed by atoms with van der Waals surface area (Å²) in [7, 11) is 0. The zero-order chi connectivity index (χ0) is 9.14. The van der Waals surface area contributed by atoms with Crippen LogP contribution in [0.2, 0.25) is 0 Å². The molecule has 1 unspecified atom stereocenters. The summed E-state index contributed by atoms with van der Waals surface area (Å²) in [6.07, 6.45) is -1.98. The highest BCUT2D eigenvalue weighted by atomic mass is 16.4. The van der Waals surface area contributed by atoms with E-state index in [9.17, 15) is 4.79 Å². The zero-order valence-electron chi connectivity index (χ0n) is 6.16. The lowest BCUT2D eigenvalue weighted by atomic mass is 10.2. The Hall–Kier alpha value is -1.46. The van der Waals surface area contributed by atoms with Gasteiger partial charge in [-0.05, 0) is 5.53 Å². The lowest BCUT2D eigenvalue weighted by Crippen LogP contribution is -2.27. The number of carboxylic acid groups (broad SMARTS) is 1. The summed E-state index contributed by atoms with van der Waals surface area (Å²) in [5.74, 6) is 0. The van der Waals surface area contributed by atoms with Crippen molar-refractivity contribution < 1.29 is 15.0 Å². The molecule has 0 aromatic heterocycles. The second-order valence-electron chi connectivity index (χ2n) is 2.53. The number of aliphatic hydroxyl groups is 1. The van der Waals surface area contributed by atoms with E-state index in [1.54, 1.807) is 0 Å². The highest BCUT2D eigenvalue weighted by molar-refractivity contribution is 5.65. The number of rotatable bonds is 1. The number of azide groups is 1. The molecular weight excluding hydrogens is 164 g/mol. The number of β-amino-alcohol motifs (C(OH)–C–C–N with tert-alkyl or cyclic N) is 1. The summed E-state index contributed by atoms with van der Waals surface area (Å²) in [5, 5.41) is 20.9. The number of aliphatic hydroxyl groups excluding tert-OH is 1. The molecule has 7 nitrogen and oxygen atoms in total. The molecule has 1 saturated heterocycles. The van der Waals surface area contributed by atoms with Crippen LogP contribution in [0.5, 0.6) is 0 Å². The van der Waals surface area contributed by atoms with Crippen molar-refractivity contribution >= 4 is 6.09 Å². The van der Waals surface area contributed by atoms with Gasteiger partial charge < -0.3 is 15.1 Å². The van der Waals surface area contributed by atoms with Crippen molar-refractivity contribution in [2.45, 2.75) is 12.1 Å². The van der Waals surface area contributed by atoms with Crippen molar-refractivity contribution in [3.8, 4) is 0 Å². The molecule has 2 atom stereocenters. The molecule has 66 valence electrons. The lowest BCUT2D eigenvalue weighted by Gasteiger charge is -2.08. The summed E-state index contributed by atoms with van der Waals surface area (Å²) in [5.41, 5.74) is 8.05. The SMILES string of the molecule is [N-]=[N+]=N[C@H]1CN(C(=O)O)CC1O. The van der Waals surface area contributed by atoms with Crippen LogP contribution in [-0.4, -0.2) is 46.4 Å². The smallest absolute Gasteiger partial charge is 0.407 e. The van der Waals surface area contributed by atoms with Gasteiger partial charge in [0.15, 0.2) is 0 Å². The van der Waals surface area contributed by atoms with E-state index in [-0.39, 0.29) is 13.1 Å². The predicted octanol–water partition coefficient (Wildman–Crippen LogP) is 0.0198. The molecular formula is C5H8N4O3. The van der Waals surface area contributed by atoms with Crippen molar-refractivity contribution in [1.29, 1.82) is 0 Å². The van der Waals surface area contributed by atoms with E-state index in [0.29, 0.717) is 0 Å². The molecule has 1 amide bonds. The first-order valence-electron chi connectivity index (χ1n) is 3.35. The molecule has 0 radical (unpaired) electrons. The monoisotopic (exact) mass is 172 g/mol. The molecule has 7 heteroatoms. The second kappa shape index (κ2) is 3.29. The molecule has 0 bridgehead atoms. The van der Waals surface area contributed by atoms with Crippen LogP contribution in [0, 0.1) is 0 Å². The minimum atomic E-state index is -1.11. The van der Waals surface area contributed by atoms with Gasteiger partial charge in [-0.3, -0.25) is 0 Å². The average Bonchev–Trinajstić information content (AvgIpc) is 2.34. The van der Waals surface area contributed by atoms with Gasteiger partial charge in [-0.25, -0.2) is 4.79 Å². The van der Waals surface area contributed by atoms with Crippen LogP contribution in [0.1, 0.15) is 0 Å². The van der Waals surface area contributed by atoms with Gasteiger partial charge in [0, 0.05) is 11.5 Å². The zero-order valence-corrected chi connectivity index (χ0v) is 6.16. The number of carbonyl (C=O) groups is 1. The first-order valence-corrected chi connectivity index (χ1v) is 3.35. The van der Waals surface area contributed by atoms with Crippen LogP contribution in [0.4, 0.5) is 4.79 Å². The quantitative estimate of drug-likeness (QED) is 0.330. The van der Waals surface area contributed by atoms with Crippen LogP contribution >= 0.6 is 0 Å². The molecule has 12 heavy (non-hydrogen) atoms. The Bertz CT molecular complexity index is 237. The Morgan fingerprint density at radius 3 is 2.75 bits per heavy atom. The van der Waals surface area contributed by atoms with Crippen LogP contribution in [0.25, 0.3) is 10.4 Å². The van der Waals surface area contributed by atoms with Crippen molar-refractivity contribution in [3.63, 3.8) is 0 Å². The van der Waals surface area contributed by atoms with E-state index < -0.39 is 18.2 Å². The highest BCUT2D eigenvalue weighted by Crippen LogP contribution is 2.13. The molecule has 1 aliphatic rings. The maximum absolute atomic E-state index is 10.4. The fraction of sp³-hybridized carbons (Fsp3) is 0.800. The molecule has 0 saturated carbocycles. The third-order valence-corrected chi connectivity index (χ3v) is 1.73. The van der Waals surface area contributed by atoms with Crippen molar-refractivity contribution in [2.24, 2.45) is 5.11 Å². The molecule has 1 heterocycles. The van der Waals surface area contributed by atoms with Gasteiger partial charge in [0.05, 0.1) is 18.7 Å². The lowest BCUT2D eigenvalue weighted by molar-refractivity contribution is 0.138. The van der Waals surface area contributed by atoms with Gasteiger partial charge >= 0.3 is 6.09 Å². The van der Waals surface area contributed by atoms with Crippen LogP contribution in [0.3, 0.4) is 0 Å². The number of hydrogen-bond acceptors (Lipinski definition) is 3. The topological polar surface area (TPSA) is 110 Å². The fourth-order valence-corrected chi connectivity index (χ4v) is 1.11. The van der Waals surface area contributed by atoms with Gasteiger partial charge in [0.2, 0.25) is 0 Å². The molecule has 2 N–H and O–H groups in total. The summed E-state index contributed by atoms with van der Waals surface area (Å²) < 4.78 is 0. The Kier molecular flexibility index (Phi) is 2.37. The highest BCUT2D eigenvalue weighted by Gasteiger charge is 2.33. The maximum Gasteiger partial charge on any atom is 0.407 e. The van der Waals surface area contributed by atoms with Gasteiger partial charge in [0.25, 0.3) is 0 Å². The molecule has 0 spiro atoms. The normalized spacial score (nSPS) is 28.2. The van der Waals surface area contributed by atoms with Crippen molar-refractivity contribution in [2.75, 3.05) is 13.1 Å². The number of nitrogens with zero attached hydrogens (tertiary/aromatic N) is 4. The summed E-state index contributed by atoms with van der Waals surface area (Å²) in [6, 6.07) is -0.647. The van der Waals surface area contributed by atoms with E-state index in [4.69, 9.17) is 15.7 Å². The first kappa shape index (κ1) is 8.63. The Morgan fingerprint density at radius 2 is 2.33 bits per heavy atom. The predicted molar refractivity (Wildman–Crippen MR) is 38.5 cm³/mol. The Labute approximate surface area is 67.8 Å². The number of amides is 1. The summed E-state index contributed by atoms with van der Waals surface area (Å²) >= 11 is 0. The second-order valence-corrected chi connectivity index (χ2v) is 2.53. The third-order valence-electron chi connectivity index (χ3n) is 1.73. The number of likely N-dealkylation sites (tertiary alicyclic amines) is 1. The average molecular weight is 172 g/mol. The van der Waals surface area contributed by atoms with Gasteiger partial charge in [-0.1, -0.05) is 5.11 Å². The van der Waals surface area contributed by atoms with Gasteiger partial charge in [-0.2, -0.15) is 0 Å². The largest absolute Gasteiger partial charge is 0.465 e. The molecule has 0 aromatic carbocycles. The molecule has 0 aromatic rings. The van der Waals surface area contributed by atoms with E-state index in [0.717, 1.165) is 4.90 Å². The fourth-order valence-electron chi connectivity index (χ4n) is 1.11. The third kappa shape index (κ3) is 1.58. The van der Waals surface area contributed by atoms with Crippen molar-refractivity contribution in [3.05, 3.63) is 10.4 Å².